The minimum absolute atomic E-state index is 0.194. The number of benzene rings is 3. The molecule has 0 bridgehead atoms. The number of anilines is 1. The van der Waals surface area contributed by atoms with E-state index in [1.807, 2.05) is 36.4 Å². The summed E-state index contributed by atoms with van der Waals surface area (Å²) in [6.45, 7) is 0.222. The monoisotopic (exact) mass is 525 g/mol. The number of hydrogen-bond donors (Lipinski definition) is 1. The van der Waals surface area contributed by atoms with E-state index in [1.165, 1.54) is 29.2 Å². The van der Waals surface area contributed by atoms with Crippen LogP contribution in [0.15, 0.2) is 83.4 Å². The maximum atomic E-state index is 13.6. The van der Waals surface area contributed by atoms with Crippen LogP contribution in [0.2, 0.25) is 10.0 Å². The number of halogens is 3. The van der Waals surface area contributed by atoms with E-state index in [0.717, 1.165) is 22.9 Å². The van der Waals surface area contributed by atoms with E-state index in [0.29, 0.717) is 22.2 Å². The van der Waals surface area contributed by atoms with Gasteiger partial charge in [0.2, 0.25) is 5.91 Å². The molecule has 1 aliphatic heterocycles. The van der Waals surface area contributed by atoms with Crippen molar-refractivity contribution in [1.29, 1.82) is 5.26 Å². The summed E-state index contributed by atoms with van der Waals surface area (Å²) >= 11 is 13.2. The molecular weight excluding hydrogens is 508 g/mol. The van der Waals surface area contributed by atoms with E-state index >= 15 is 0 Å². The zero-order valence-corrected chi connectivity index (χ0v) is 20.5. The van der Waals surface area contributed by atoms with Crippen molar-refractivity contribution in [1.82, 2.24) is 5.32 Å². The van der Waals surface area contributed by atoms with Crippen LogP contribution in [0, 0.1) is 17.1 Å². The molecular formula is C26H18Cl2FN3O2S. The first kappa shape index (κ1) is 24.8. The Labute approximate surface area is 216 Å². The molecule has 5 nitrogen and oxygen atoms in total. The standard InChI is InChI=1S/C26H18Cl2FN3O2S/c27-21-11-6-17(12-22(21)28)13-23-25(34)32(19-9-7-18(29)8-10-19)26(35-23)20(14-30)24(33)31-15-16-4-2-1-3-5-16/h1-12,23H,13,15H2,(H,31,33)/b26-20-/t23-/m0/s1. The molecule has 0 aliphatic carbocycles. The number of amides is 2. The summed E-state index contributed by atoms with van der Waals surface area (Å²) in [6.07, 6.45) is 0.298. The molecule has 0 spiro atoms. The molecule has 9 heteroatoms. The highest BCUT2D eigenvalue weighted by atomic mass is 35.5. The lowest BCUT2D eigenvalue weighted by atomic mass is 10.1. The number of nitrogens with one attached hydrogen (secondary N) is 1. The summed E-state index contributed by atoms with van der Waals surface area (Å²) in [4.78, 5) is 27.7. The molecule has 1 N–H and O–H groups in total. The summed E-state index contributed by atoms with van der Waals surface area (Å²) in [6, 6.07) is 21.6. The van der Waals surface area contributed by atoms with Gasteiger partial charge in [0.05, 0.1) is 15.3 Å². The maximum Gasteiger partial charge on any atom is 0.264 e. The zero-order valence-electron chi connectivity index (χ0n) is 18.2. The highest BCUT2D eigenvalue weighted by Crippen LogP contribution is 2.42. The topological polar surface area (TPSA) is 73.2 Å². The third-order valence-electron chi connectivity index (χ3n) is 5.29. The van der Waals surface area contributed by atoms with Crippen LogP contribution in [0.3, 0.4) is 0 Å². The average molecular weight is 526 g/mol. The first-order valence-electron chi connectivity index (χ1n) is 10.5. The van der Waals surface area contributed by atoms with Crippen molar-refractivity contribution in [3.05, 3.63) is 110 Å². The highest BCUT2D eigenvalue weighted by Gasteiger charge is 2.40. The molecule has 4 rings (SSSR count). The first-order chi connectivity index (χ1) is 16.9. The Balaban J connectivity index is 1.67. The van der Waals surface area contributed by atoms with E-state index in [9.17, 15) is 19.2 Å². The Morgan fingerprint density at radius 3 is 2.40 bits per heavy atom. The lowest BCUT2D eigenvalue weighted by Gasteiger charge is -2.18. The molecule has 1 fully saturated rings. The summed E-state index contributed by atoms with van der Waals surface area (Å²) in [5, 5.41) is 12.9. The Hall–Kier alpha value is -3.31. The Bertz CT molecular complexity index is 1340. The number of rotatable bonds is 6. The molecule has 0 saturated carbocycles. The van der Waals surface area contributed by atoms with Gasteiger partial charge in [0, 0.05) is 12.2 Å². The molecule has 2 amide bonds. The highest BCUT2D eigenvalue weighted by molar-refractivity contribution is 8.05. The van der Waals surface area contributed by atoms with E-state index in [-0.39, 0.29) is 23.1 Å². The van der Waals surface area contributed by atoms with Crippen LogP contribution in [0.25, 0.3) is 0 Å². The molecule has 35 heavy (non-hydrogen) atoms. The number of hydrogen-bond acceptors (Lipinski definition) is 4. The first-order valence-corrected chi connectivity index (χ1v) is 12.2. The number of nitrogens with zero attached hydrogens (tertiary/aromatic N) is 2. The van der Waals surface area contributed by atoms with Gasteiger partial charge in [-0.25, -0.2) is 4.39 Å². The minimum Gasteiger partial charge on any atom is -0.347 e. The van der Waals surface area contributed by atoms with Gasteiger partial charge in [-0.05, 0) is 53.9 Å². The largest absolute Gasteiger partial charge is 0.347 e. The van der Waals surface area contributed by atoms with E-state index < -0.39 is 17.0 Å². The SMILES string of the molecule is N#C/C(C(=O)NCc1ccccc1)=C1/S[C@@H](Cc2ccc(Cl)c(Cl)c2)C(=O)N1c1ccc(F)cc1. The van der Waals surface area contributed by atoms with Crippen molar-refractivity contribution < 1.29 is 14.0 Å². The Kier molecular flexibility index (Phi) is 7.76. The van der Waals surface area contributed by atoms with Gasteiger partial charge in [-0.3, -0.25) is 14.5 Å². The second-order valence-corrected chi connectivity index (χ2v) is 9.68. The van der Waals surface area contributed by atoms with Crippen molar-refractivity contribution in [3.8, 4) is 6.07 Å². The Morgan fingerprint density at radius 1 is 1.03 bits per heavy atom. The second kappa shape index (κ2) is 11.0. The third-order valence-corrected chi connectivity index (χ3v) is 7.29. The van der Waals surface area contributed by atoms with Gasteiger partial charge in [0.25, 0.3) is 5.91 Å². The van der Waals surface area contributed by atoms with Gasteiger partial charge in [0.15, 0.2) is 0 Å². The van der Waals surface area contributed by atoms with Crippen LogP contribution < -0.4 is 10.2 Å². The van der Waals surface area contributed by atoms with Gasteiger partial charge in [0.1, 0.15) is 22.5 Å². The van der Waals surface area contributed by atoms with Crippen LogP contribution in [0.1, 0.15) is 11.1 Å². The van der Waals surface area contributed by atoms with Gasteiger partial charge in [-0.2, -0.15) is 5.26 Å². The molecule has 176 valence electrons. The zero-order chi connectivity index (χ0) is 24.9. The number of carbonyl (C=O) groups excluding carboxylic acids is 2. The van der Waals surface area contributed by atoms with Crippen LogP contribution in [-0.4, -0.2) is 17.1 Å². The lowest BCUT2D eigenvalue weighted by Crippen LogP contribution is -2.32. The number of nitriles is 1. The fraction of sp³-hybridized carbons (Fsp3) is 0.115. The fourth-order valence-electron chi connectivity index (χ4n) is 3.56. The minimum atomic E-state index is -0.627. The smallest absolute Gasteiger partial charge is 0.264 e. The van der Waals surface area contributed by atoms with Crippen LogP contribution in [0.5, 0.6) is 0 Å². The van der Waals surface area contributed by atoms with Crippen molar-refractivity contribution in [3.63, 3.8) is 0 Å². The third kappa shape index (κ3) is 5.68. The summed E-state index contributed by atoms with van der Waals surface area (Å²) in [5.74, 6) is -1.40. The van der Waals surface area contributed by atoms with E-state index in [1.54, 1.807) is 18.2 Å². The van der Waals surface area contributed by atoms with Gasteiger partial charge in [-0.1, -0.05) is 71.4 Å². The van der Waals surface area contributed by atoms with Gasteiger partial charge >= 0.3 is 0 Å². The second-order valence-electron chi connectivity index (χ2n) is 7.67. The molecule has 1 heterocycles. The number of thioether (sulfide) groups is 1. The van der Waals surface area contributed by atoms with Crippen LogP contribution in [0.4, 0.5) is 10.1 Å². The average Bonchev–Trinajstić information content (AvgIpc) is 3.17. The van der Waals surface area contributed by atoms with Crippen molar-refractivity contribution in [2.75, 3.05) is 4.90 Å². The quantitative estimate of drug-likeness (QED) is 0.322. The molecule has 0 aromatic heterocycles. The molecule has 0 radical (unpaired) electrons. The molecule has 1 atom stereocenters. The molecule has 0 unspecified atom stereocenters. The van der Waals surface area contributed by atoms with Crippen LogP contribution >= 0.6 is 35.0 Å². The van der Waals surface area contributed by atoms with E-state index in [2.05, 4.69) is 5.32 Å². The summed E-state index contributed by atoms with van der Waals surface area (Å²) in [5.41, 5.74) is 1.81. The van der Waals surface area contributed by atoms with Crippen molar-refractivity contribution in [2.24, 2.45) is 0 Å². The fourth-order valence-corrected chi connectivity index (χ4v) is 5.19. The molecule has 3 aromatic rings. The predicted molar refractivity (Wildman–Crippen MR) is 136 cm³/mol. The van der Waals surface area contributed by atoms with E-state index in [4.69, 9.17) is 23.2 Å². The lowest BCUT2D eigenvalue weighted by molar-refractivity contribution is -0.117. The summed E-state index contributed by atoms with van der Waals surface area (Å²) in [7, 11) is 0. The molecule has 3 aromatic carbocycles. The van der Waals surface area contributed by atoms with Crippen molar-refractivity contribution >= 4 is 52.5 Å². The predicted octanol–water partition coefficient (Wildman–Crippen LogP) is 5.88. The molecule has 1 saturated heterocycles. The maximum absolute atomic E-state index is 13.6. The summed E-state index contributed by atoms with van der Waals surface area (Å²) < 4.78 is 13.6. The van der Waals surface area contributed by atoms with Gasteiger partial charge in [-0.15, -0.1) is 0 Å². The number of carbonyl (C=O) groups is 2. The molecule has 1 aliphatic rings. The normalized spacial score (nSPS) is 16.7. The Morgan fingerprint density at radius 2 is 1.74 bits per heavy atom. The van der Waals surface area contributed by atoms with Gasteiger partial charge < -0.3 is 5.32 Å². The van der Waals surface area contributed by atoms with Crippen LogP contribution in [-0.2, 0) is 22.6 Å². The van der Waals surface area contributed by atoms with Crippen molar-refractivity contribution in [2.45, 2.75) is 18.2 Å².